The van der Waals surface area contributed by atoms with E-state index in [9.17, 15) is 9.59 Å². The van der Waals surface area contributed by atoms with E-state index in [1.807, 2.05) is 29.0 Å². The largest absolute Gasteiger partial charge is 0.381 e. The molecule has 1 aromatic heterocycles. The quantitative estimate of drug-likeness (QED) is 0.871. The first-order valence-electron chi connectivity index (χ1n) is 7.17. The van der Waals surface area contributed by atoms with Crippen molar-refractivity contribution < 1.29 is 14.3 Å². The smallest absolute Gasteiger partial charge is 0.240 e. The minimum Gasteiger partial charge on any atom is -0.381 e. The highest BCUT2D eigenvalue weighted by molar-refractivity contribution is 5.88. The van der Waals surface area contributed by atoms with Crippen molar-refractivity contribution in [1.82, 2.24) is 9.88 Å². The lowest BCUT2D eigenvalue weighted by atomic mass is 10.1. The van der Waals surface area contributed by atoms with E-state index >= 15 is 0 Å². The number of aldehydes is 1. The molecule has 0 saturated carbocycles. The van der Waals surface area contributed by atoms with Gasteiger partial charge in [-0.1, -0.05) is 0 Å². The first-order valence-corrected chi connectivity index (χ1v) is 7.17. The van der Waals surface area contributed by atoms with Gasteiger partial charge < -0.3 is 14.6 Å². The van der Waals surface area contributed by atoms with Gasteiger partial charge in [-0.05, 0) is 37.1 Å². The second-order valence-corrected chi connectivity index (χ2v) is 5.33. The van der Waals surface area contributed by atoms with Gasteiger partial charge in [0.2, 0.25) is 5.91 Å². The zero-order valence-electron chi connectivity index (χ0n) is 11.7. The number of aromatic nitrogens is 1. The predicted molar refractivity (Wildman–Crippen MR) is 79.3 cm³/mol. The number of hydrogen-bond acceptors (Lipinski definition) is 3. The van der Waals surface area contributed by atoms with Crippen molar-refractivity contribution in [1.29, 1.82) is 0 Å². The molecule has 110 valence electrons. The molecule has 0 spiro atoms. The Balaban J connectivity index is 1.69. The van der Waals surface area contributed by atoms with E-state index in [-0.39, 0.29) is 11.9 Å². The fourth-order valence-electron chi connectivity index (χ4n) is 2.70. The molecular formula is C16H18N2O3. The molecule has 1 aromatic carbocycles. The monoisotopic (exact) mass is 286 g/mol. The normalized spacial score (nSPS) is 16.0. The molecule has 0 aliphatic carbocycles. The average Bonchev–Trinajstić information content (AvgIpc) is 2.90. The Bertz CT molecular complexity index is 657. The molecule has 1 aliphatic heterocycles. The van der Waals surface area contributed by atoms with Gasteiger partial charge >= 0.3 is 0 Å². The van der Waals surface area contributed by atoms with Crippen molar-refractivity contribution in [2.45, 2.75) is 25.4 Å². The highest BCUT2D eigenvalue weighted by Crippen LogP contribution is 2.17. The van der Waals surface area contributed by atoms with E-state index in [2.05, 4.69) is 5.32 Å². The maximum Gasteiger partial charge on any atom is 0.240 e. The molecule has 5 heteroatoms. The molecule has 21 heavy (non-hydrogen) atoms. The summed E-state index contributed by atoms with van der Waals surface area (Å²) in [5.41, 5.74) is 1.61. The Labute approximate surface area is 122 Å². The Kier molecular flexibility index (Phi) is 4.01. The van der Waals surface area contributed by atoms with Gasteiger partial charge in [0.05, 0.1) is 0 Å². The number of carbonyl (C=O) groups excluding carboxylic acids is 2. The second kappa shape index (κ2) is 6.10. The van der Waals surface area contributed by atoms with E-state index in [1.54, 1.807) is 6.07 Å². The van der Waals surface area contributed by atoms with Crippen LogP contribution >= 0.6 is 0 Å². The number of benzene rings is 1. The predicted octanol–water partition coefficient (Wildman–Crippen LogP) is 1.75. The molecule has 0 radical (unpaired) electrons. The van der Waals surface area contributed by atoms with Crippen molar-refractivity contribution >= 4 is 23.1 Å². The molecule has 5 nitrogen and oxygen atoms in total. The minimum atomic E-state index is 0.0128. The fraction of sp³-hybridized carbons (Fsp3) is 0.375. The number of amides is 1. The van der Waals surface area contributed by atoms with Crippen LogP contribution in [0, 0.1) is 0 Å². The maximum atomic E-state index is 12.1. The third kappa shape index (κ3) is 3.13. The first kappa shape index (κ1) is 13.8. The SMILES string of the molecule is O=Cc1ccc2c(ccn2CC(=O)NC2CCOCC2)c1. The number of fused-ring (bicyclic) bond motifs is 1. The second-order valence-electron chi connectivity index (χ2n) is 5.33. The highest BCUT2D eigenvalue weighted by atomic mass is 16.5. The van der Waals surface area contributed by atoms with Crippen molar-refractivity contribution in [3.63, 3.8) is 0 Å². The molecule has 1 aliphatic rings. The third-order valence-corrected chi connectivity index (χ3v) is 3.83. The van der Waals surface area contributed by atoms with Gasteiger partial charge in [-0.15, -0.1) is 0 Å². The van der Waals surface area contributed by atoms with Gasteiger partial charge in [0, 0.05) is 41.9 Å². The number of ether oxygens (including phenoxy) is 1. The summed E-state index contributed by atoms with van der Waals surface area (Å²) in [6, 6.07) is 7.61. The van der Waals surface area contributed by atoms with E-state index in [1.165, 1.54) is 0 Å². The molecule has 3 rings (SSSR count). The standard InChI is InChI=1S/C16H18N2O3/c19-11-12-1-2-15-13(9-12)3-6-18(15)10-16(20)17-14-4-7-21-8-5-14/h1-3,6,9,11,14H,4-5,7-8,10H2,(H,17,20). The first-order chi connectivity index (χ1) is 10.3. The van der Waals surface area contributed by atoms with Gasteiger partial charge in [0.1, 0.15) is 12.8 Å². The average molecular weight is 286 g/mol. The van der Waals surface area contributed by atoms with Gasteiger partial charge in [0.25, 0.3) is 0 Å². The number of carbonyl (C=O) groups is 2. The summed E-state index contributed by atoms with van der Waals surface area (Å²) < 4.78 is 7.18. The van der Waals surface area contributed by atoms with E-state index < -0.39 is 0 Å². The molecule has 0 atom stereocenters. The topological polar surface area (TPSA) is 60.3 Å². The summed E-state index contributed by atoms with van der Waals surface area (Å²) >= 11 is 0. The van der Waals surface area contributed by atoms with Crippen LogP contribution in [-0.4, -0.2) is 36.0 Å². The van der Waals surface area contributed by atoms with Crippen molar-refractivity contribution in [3.05, 3.63) is 36.0 Å². The van der Waals surface area contributed by atoms with Crippen LogP contribution in [0.4, 0.5) is 0 Å². The lowest BCUT2D eigenvalue weighted by Gasteiger charge is -2.23. The Hall–Kier alpha value is -2.14. The lowest BCUT2D eigenvalue weighted by Crippen LogP contribution is -2.40. The van der Waals surface area contributed by atoms with Gasteiger partial charge in [-0.25, -0.2) is 0 Å². The zero-order chi connectivity index (χ0) is 14.7. The molecule has 1 amide bonds. The van der Waals surface area contributed by atoms with E-state index in [0.29, 0.717) is 25.3 Å². The van der Waals surface area contributed by atoms with Crippen LogP contribution in [0.2, 0.25) is 0 Å². The number of hydrogen-bond donors (Lipinski definition) is 1. The maximum absolute atomic E-state index is 12.1. The lowest BCUT2D eigenvalue weighted by molar-refractivity contribution is -0.122. The van der Waals surface area contributed by atoms with Gasteiger partial charge in [0.15, 0.2) is 0 Å². The molecule has 1 N–H and O–H groups in total. The molecule has 0 bridgehead atoms. The Morgan fingerprint density at radius 1 is 1.33 bits per heavy atom. The zero-order valence-corrected chi connectivity index (χ0v) is 11.7. The Morgan fingerprint density at radius 3 is 2.90 bits per heavy atom. The van der Waals surface area contributed by atoms with Crippen LogP contribution < -0.4 is 5.32 Å². The van der Waals surface area contributed by atoms with Crippen LogP contribution in [0.3, 0.4) is 0 Å². The van der Waals surface area contributed by atoms with Crippen LogP contribution in [-0.2, 0) is 16.1 Å². The summed E-state index contributed by atoms with van der Waals surface area (Å²) in [5, 5.41) is 4.02. The minimum absolute atomic E-state index is 0.0128. The number of nitrogens with zero attached hydrogens (tertiary/aromatic N) is 1. The molecule has 1 saturated heterocycles. The van der Waals surface area contributed by atoms with Gasteiger partial charge in [-0.2, -0.15) is 0 Å². The fourth-order valence-corrected chi connectivity index (χ4v) is 2.70. The van der Waals surface area contributed by atoms with E-state index in [0.717, 1.165) is 30.0 Å². The third-order valence-electron chi connectivity index (χ3n) is 3.83. The van der Waals surface area contributed by atoms with Crippen LogP contribution in [0.5, 0.6) is 0 Å². The van der Waals surface area contributed by atoms with Crippen LogP contribution in [0.15, 0.2) is 30.5 Å². The van der Waals surface area contributed by atoms with E-state index in [4.69, 9.17) is 4.74 Å². The number of nitrogens with one attached hydrogen (secondary N) is 1. The summed E-state index contributed by atoms with van der Waals surface area (Å²) in [5.74, 6) is 0.0128. The Morgan fingerprint density at radius 2 is 2.14 bits per heavy atom. The van der Waals surface area contributed by atoms with Crippen molar-refractivity contribution in [2.24, 2.45) is 0 Å². The van der Waals surface area contributed by atoms with Gasteiger partial charge in [-0.3, -0.25) is 9.59 Å². The molecule has 0 unspecified atom stereocenters. The van der Waals surface area contributed by atoms with Crippen LogP contribution in [0.25, 0.3) is 10.9 Å². The molecule has 2 aromatic rings. The van der Waals surface area contributed by atoms with Crippen molar-refractivity contribution in [3.8, 4) is 0 Å². The highest BCUT2D eigenvalue weighted by Gasteiger charge is 2.16. The summed E-state index contributed by atoms with van der Waals surface area (Å²) in [6.07, 6.45) is 4.46. The number of rotatable bonds is 4. The molecular weight excluding hydrogens is 268 g/mol. The van der Waals surface area contributed by atoms with Crippen LogP contribution in [0.1, 0.15) is 23.2 Å². The van der Waals surface area contributed by atoms with Crippen molar-refractivity contribution in [2.75, 3.05) is 13.2 Å². The summed E-state index contributed by atoms with van der Waals surface area (Å²) in [7, 11) is 0. The molecule has 2 heterocycles. The summed E-state index contributed by atoms with van der Waals surface area (Å²) in [4.78, 5) is 22.9. The summed E-state index contributed by atoms with van der Waals surface area (Å²) in [6.45, 7) is 1.72. The molecule has 1 fully saturated rings.